The van der Waals surface area contributed by atoms with Crippen LogP contribution in [0.1, 0.15) is 55.8 Å². The maximum atomic E-state index is 12.8. The van der Waals surface area contributed by atoms with Gasteiger partial charge in [-0.2, -0.15) is 0 Å². The first-order valence-electron chi connectivity index (χ1n) is 11.2. The Balaban J connectivity index is 1.62. The first-order chi connectivity index (χ1) is 15.6. The summed E-state index contributed by atoms with van der Waals surface area (Å²) in [5.74, 6) is 1.39. The Morgan fingerprint density at radius 1 is 1.03 bits per heavy atom. The van der Waals surface area contributed by atoms with E-state index in [-0.39, 0.29) is 12.6 Å². The van der Waals surface area contributed by atoms with Crippen molar-refractivity contribution in [1.29, 1.82) is 0 Å². The summed E-state index contributed by atoms with van der Waals surface area (Å²) in [6, 6.07) is 12.3. The summed E-state index contributed by atoms with van der Waals surface area (Å²) in [6.07, 6.45) is 6.17. The van der Waals surface area contributed by atoms with Crippen molar-refractivity contribution in [1.82, 2.24) is 0 Å². The molecule has 0 radical (unpaired) electrons. The molecule has 1 saturated carbocycles. The molecule has 3 aromatic rings. The molecule has 0 unspecified atom stereocenters. The molecule has 0 aliphatic heterocycles. The van der Waals surface area contributed by atoms with E-state index < -0.39 is 5.97 Å². The third kappa shape index (κ3) is 4.79. The largest absolute Gasteiger partial charge is 0.497 e. The minimum Gasteiger partial charge on any atom is -0.497 e. The van der Waals surface area contributed by atoms with Gasteiger partial charge in [0.05, 0.1) is 13.7 Å². The van der Waals surface area contributed by atoms with Crippen molar-refractivity contribution in [3.8, 4) is 22.8 Å². The van der Waals surface area contributed by atoms with Crippen LogP contribution in [0.4, 0.5) is 0 Å². The molecule has 32 heavy (non-hydrogen) atoms. The first-order valence-corrected chi connectivity index (χ1v) is 11.2. The molecule has 0 amide bonds. The number of methoxy groups -OCH3 is 1. The second-order valence-electron chi connectivity index (χ2n) is 8.08. The summed E-state index contributed by atoms with van der Waals surface area (Å²) < 4.78 is 22.1. The lowest BCUT2D eigenvalue weighted by Crippen LogP contribution is -2.10. The zero-order chi connectivity index (χ0) is 22.5. The van der Waals surface area contributed by atoms with Crippen LogP contribution in [0.2, 0.25) is 0 Å². The Labute approximate surface area is 187 Å². The monoisotopic (exact) mass is 436 g/mol. The zero-order valence-corrected chi connectivity index (χ0v) is 18.5. The Morgan fingerprint density at radius 3 is 2.44 bits per heavy atom. The first kappa shape index (κ1) is 21.9. The third-order valence-electron chi connectivity index (χ3n) is 5.95. The van der Waals surface area contributed by atoms with Gasteiger partial charge < -0.3 is 18.6 Å². The predicted molar refractivity (Wildman–Crippen MR) is 121 cm³/mol. The molecule has 1 aromatic heterocycles. The van der Waals surface area contributed by atoms with Crippen LogP contribution < -0.4 is 9.47 Å². The van der Waals surface area contributed by atoms with Crippen LogP contribution in [-0.4, -0.2) is 25.7 Å². The van der Waals surface area contributed by atoms with Crippen molar-refractivity contribution in [3.63, 3.8) is 0 Å². The second kappa shape index (κ2) is 9.90. The van der Waals surface area contributed by atoms with Crippen LogP contribution in [-0.2, 0) is 9.53 Å². The summed E-state index contributed by atoms with van der Waals surface area (Å²) >= 11 is 0. The van der Waals surface area contributed by atoms with Crippen molar-refractivity contribution < 1.29 is 28.2 Å². The lowest BCUT2D eigenvalue weighted by atomic mass is 10.0. The highest BCUT2D eigenvalue weighted by atomic mass is 16.5. The van der Waals surface area contributed by atoms with Crippen LogP contribution in [0.25, 0.3) is 22.3 Å². The van der Waals surface area contributed by atoms with Crippen LogP contribution >= 0.6 is 0 Å². The highest BCUT2D eigenvalue weighted by Gasteiger charge is 2.24. The summed E-state index contributed by atoms with van der Waals surface area (Å²) in [5.41, 5.74) is 1.56. The smallest absolute Gasteiger partial charge is 0.342 e. The number of hydrogen-bond acceptors (Lipinski definition) is 6. The van der Waals surface area contributed by atoms with Gasteiger partial charge in [-0.05, 0) is 61.7 Å². The van der Waals surface area contributed by atoms with Gasteiger partial charge in [0.1, 0.15) is 28.4 Å². The quantitative estimate of drug-likeness (QED) is 0.311. The normalized spacial score (nSPS) is 13.9. The number of esters is 2. The topological polar surface area (TPSA) is 75.0 Å². The fourth-order valence-electron chi connectivity index (χ4n) is 4.30. The van der Waals surface area contributed by atoms with Crippen LogP contribution in [0.3, 0.4) is 0 Å². The Morgan fingerprint density at radius 2 is 1.75 bits per heavy atom. The SMILES string of the molecule is CCOC(=O)c1c(-c2ccc(OC)cc2)oc2ccc(OC(=O)CCC3CCCC3)cc12. The van der Waals surface area contributed by atoms with E-state index in [9.17, 15) is 9.59 Å². The van der Waals surface area contributed by atoms with Gasteiger partial charge in [0.15, 0.2) is 0 Å². The van der Waals surface area contributed by atoms with Crippen molar-refractivity contribution in [2.24, 2.45) is 5.92 Å². The lowest BCUT2D eigenvalue weighted by molar-refractivity contribution is -0.134. The third-order valence-corrected chi connectivity index (χ3v) is 5.95. The summed E-state index contributed by atoms with van der Waals surface area (Å²) in [4.78, 5) is 25.2. The molecule has 1 aliphatic rings. The van der Waals surface area contributed by atoms with E-state index in [4.69, 9.17) is 18.6 Å². The van der Waals surface area contributed by atoms with Crippen molar-refractivity contribution >= 4 is 22.9 Å². The van der Waals surface area contributed by atoms with Crippen LogP contribution in [0.15, 0.2) is 46.9 Å². The fraction of sp³-hybridized carbons (Fsp3) is 0.385. The number of carbonyl (C=O) groups excluding carboxylic acids is 2. The molecule has 168 valence electrons. The maximum absolute atomic E-state index is 12.8. The molecule has 1 fully saturated rings. The molecule has 6 nitrogen and oxygen atoms in total. The molecule has 2 aromatic carbocycles. The van der Waals surface area contributed by atoms with Gasteiger partial charge in [-0.1, -0.05) is 25.7 Å². The molecule has 4 rings (SSSR count). The number of carbonyl (C=O) groups is 2. The standard InChI is InChI=1S/C26H28O6/c1-3-30-26(28)24-21-16-20(31-23(27)15-8-17-6-4-5-7-17)13-14-22(21)32-25(24)18-9-11-19(29-2)12-10-18/h9-14,16-17H,3-8,15H2,1-2H3. The highest BCUT2D eigenvalue weighted by Crippen LogP contribution is 2.37. The van der Waals surface area contributed by atoms with E-state index in [2.05, 4.69) is 0 Å². The van der Waals surface area contributed by atoms with Gasteiger partial charge in [0.25, 0.3) is 0 Å². The molecule has 0 saturated heterocycles. The summed E-state index contributed by atoms with van der Waals surface area (Å²) in [6.45, 7) is 1.99. The van der Waals surface area contributed by atoms with Gasteiger partial charge in [-0.3, -0.25) is 4.79 Å². The summed E-state index contributed by atoms with van der Waals surface area (Å²) in [5, 5.41) is 0.551. The highest BCUT2D eigenvalue weighted by molar-refractivity contribution is 6.09. The van der Waals surface area contributed by atoms with Gasteiger partial charge in [0.2, 0.25) is 0 Å². The van der Waals surface area contributed by atoms with Gasteiger partial charge in [0, 0.05) is 17.4 Å². The Kier molecular flexibility index (Phi) is 6.78. The molecule has 0 N–H and O–H groups in total. The zero-order valence-electron chi connectivity index (χ0n) is 18.5. The summed E-state index contributed by atoms with van der Waals surface area (Å²) in [7, 11) is 1.59. The minimum atomic E-state index is -0.484. The fourth-order valence-corrected chi connectivity index (χ4v) is 4.30. The molecule has 0 atom stereocenters. The van der Waals surface area contributed by atoms with Crippen molar-refractivity contribution in [2.75, 3.05) is 13.7 Å². The van der Waals surface area contributed by atoms with Gasteiger partial charge in [-0.15, -0.1) is 0 Å². The maximum Gasteiger partial charge on any atom is 0.342 e. The van der Waals surface area contributed by atoms with Gasteiger partial charge in [-0.25, -0.2) is 4.79 Å². The van der Waals surface area contributed by atoms with Crippen LogP contribution in [0.5, 0.6) is 11.5 Å². The minimum absolute atomic E-state index is 0.239. The molecule has 6 heteroatoms. The average molecular weight is 437 g/mol. The average Bonchev–Trinajstić information content (AvgIpc) is 3.45. The number of furan rings is 1. The van der Waals surface area contributed by atoms with E-state index in [1.165, 1.54) is 25.7 Å². The molecule has 0 bridgehead atoms. The molecule has 0 spiro atoms. The van der Waals surface area contributed by atoms with E-state index in [1.54, 1.807) is 44.4 Å². The second-order valence-corrected chi connectivity index (χ2v) is 8.08. The van der Waals surface area contributed by atoms with Crippen molar-refractivity contribution in [3.05, 3.63) is 48.0 Å². The number of rotatable bonds is 8. The number of fused-ring (bicyclic) bond motifs is 1. The lowest BCUT2D eigenvalue weighted by Gasteiger charge is -2.08. The number of ether oxygens (including phenoxy) is 3. The van der Waals surface area contributed by atoms with E-state index in [0.717, 1.165) is 12.0 Å². The Bertz CT molecular complexity index is 1090. The number of benzene rings is 2. The van der Waals surface area contributed by atoms with E-state index in [0.29, 0.717) is 46.1 Å². The van der Waals surface area contributed by atoms with E-state index in [1.807, 2.05) is 12.1 Å². The predicted octanol–water partition coefficient (Wildman–Crippen LogP) is 6.16. The van der Waals surface area contributed by atoms with Crippen molar-refractivity contribution in [2.45, 2.75) is 45.4 Å². The molecule has 1 heterocycles. The van der Waals surface area contributed by atoms with E-state index >= 15 is 0 Å². The molecular formula is C26H28O6. The molecular weight excluding hydrogens is 408 g/mol. The Hall–Kier alpha value is -3.28. The number of hydrogen-bond donors (Lipinski definition) is 0. The van der Waals surface area contributed by atoms with Crippen LogP contribution in [0, 0.1) is 5.92 Å². The van der Waals surface area contributed by atoms with Gasteiger partial charge >= 0.3 is 11.9 Å². The molecule has 1 aliphatic carbocycles.